The van der Waals surface area contributed by atoms with Crippen LogP contribution in [-0.2, 0) is 6.54 Å². The van der Waals surface area contributed by atoms with Crippen LogP contribution in [0, 0.1) is 13.8 Å². The molecule has 0 aliphatic heterocycles. The number of imidazole rings is 1. The largest absolute Gasteiger partial charge is 0.494 e. The second-order valence-electron chi connectivity index (χ2n) is 7.38. The highest BCUT2D eigenvalue weighted by Gasteiger charge is 2.12. The van der Waals surface area contributed by atoms with Gasteiger partial charge < -0.3 is 9.30 Å². The van der Waals surface area contributed by atoms with Crippen molar-refractivity contribution in [1.82, 2.24) is 9.55 Å². The fourth-order valence-corrected chi connectivity index (χ4v) is 3.61. The molecule has 0 aliphatic rings. The quantitative estimate of drug-likeness (QED) is 0.315. The van der Waals surface area contributed by atoms with Crippen LogP contribution in [0.2, 0.25) is 5.02 Å². The van der Waals surface area contributed by atoms with Gasteiger partial charge >= 0.3 is 0 Å². The second-order valence-corrected chi connectivity index (χ2v) is 7.82. The number of rotatable bonds is 7. The van der Waals surface area contributed by atoms with Crippen molar-refractivity contribution in [2.24, 2.45) is 0 Å². The van der Waals surface area contributed by atoms with Gasteiger partial charge in [-0.25, -0.2) is 4.98 Å². The lowest BCUT2D eigenvalue weighted by Gasteiger charge is -2.11. The van der Waals surface area contributed by atoms with Crippen LogP contribution >= 0.6 is 11.6 Å². The van der Waals surface area contributed by atoms with E-state index in [0.717, 1.165) is 52.6 Å². The molecule has 3 nitrogen and oxygen atoms in total. The molecule has 4 heteroatoms. The van der Waals surface area contributed by atoms with Crippen LogP contribution < -0.4 is 4.74 Å². The van der Waals surface area contributed by atoms with E-state index in [2.05, 4.69) is 48.7 Å². The summed E-state index contributed by atoms with van der Waals surface area (Å²) in [5, 5.41) is 0.736. The molecule has 1 aromatic heterocycles. The van der Waals surface area contributed by atoms with Crippen molar-refractivity contribution < 1.29 is 4.74 Å². The number of aromatic nitrogens is 2. The van der Waals surface area contributed by atoms with E-state index in [1.54, 1.807) is 0 Å². The van der Waals surface area contributed by atoms with Crippen LogP contribution in [0.4, 0.5) is 0 Å². The average molecular weight is 405 g/mol. The summed E-state index contributed by atoms with van der Waals surface area (Å²) in [4.78, 5) is 4.87. The molecular formula is C25H25ClN2O. The Labute approximate surface area is 176 Å². The Balaban J connectivity index is 1.45. The maximum Gasteiger partial charge on any atom is 0.141 e. The first kappa shape index (κ1) is 19.5. The number of para-hydroxylation sites is 2. The highest BCUT2D eigenvalue weighted by molar-refractivity contribution is 6.30. The van der Waals surface area contributed by atoms with E-state index in [9.17, 15) is 0 Å². The summed E-state index contributed by atoms with van der Waals surface area (Å²) in [5.74, 6) is 1.93. The van der Waals surface area contributed by atoms with Crippen molar-refractivity contribution in [3.8, 4) is 17.1 Å². The van der Waals surface area contributed by atoms with Crippen molar-refractivity contribution in [2.75, 3.05) is 6.61 Å². The number of halogens is 1. The zero-order chi connectivity index (χ0) is 20.2. The summed E-state index contributed by atoms with van der Waals surface area (Å²) >= 11 is 6.06. The average Bonchev–Trinajstić information content (AvgIpc) is 3.09. The van der Waals surface area contributed by atoms with E-state index in [0.29, 0.717) is 6.61 Å². The fraction of sp³-hybridized carbons (Fsp3) is 0.240. The van der Waals surface area contributed by atoms with Crippen molar-refractivity contribution in [1.29, 1.82) is 0 Å². The molecule has 0 saturated carbocycles. The number of ether oxygens (including phenoxy) is 1. The Bertz CT molecular complexity index is 1120. The third kappa shape index (κ3) is 4.46. The van der Waals surface area contributed by atoms with Gasteiger partial charge in [0, 0.05) is 17.1 Å². The Morgan fingerprint density at radius 3 is 2.48 bits per heavy atom. The number of fused-ring (bicyclic) bond motifs is 1. The number of hydrogen-bond acceptors (Lipinski definition) is 2. The number of benzene rings is 3. The van der Waals surface area contributed by atoms with Gasteiger partial charge in [0.15, 0.2) is 0 Å². The Morgan fingerprint density at radius 2 is 1.69 bits per heavy atom. The molecule has 0 spiro atoms. The van der Waals surface area contributed by atoms with Crippen LogP contribution in [0.15, 0.2) is 66.7 Å². The smallest absolute Gasteiger partial charge is 0.141 e. The van der Waals surface area contributed by atoms with Crippen molar-refractivity contribution in [2.45, 2.75) is 33.2 Å². The Kier molecular flexibility index (Phi) is 5.86. The Morgan fingerprint density at radius 1 is 0.897 bits per heavy atom. The van der Waals surface area contributed by atoms with Gasteiger partial charge in [0.1, 0.15) is 11.6 Å². The normalized spacial score (nSPS) is 11.1. The highest BCUT2D eigenvalue weighted by atomic mass is 35.5. The molecule has 148 valence electrons. The first-order chi connectivity index (χ1) is 14.1. The Hall–Kier alpha value is -2.78. The molecule has 0 amide bonds. The van der Waals surface area contributed by atoms with E-state index in [4.69, 9.17) is 21.3 Å². The van der Waals surface area contributed by atoms with Gasteiger partial charge in [-0.3, -0.25) is 0 Å². The first-order valence-electron chi connectivity index (χ1n) is 10.0. The summed E-state index contributed by atoms with van der Waals surface area (Å²) in [5.41, 5.74) is 5.81. The molecule has 1 heterocycles. The van der Waals surface area contributed by atoms with Crippen molar-refractivity contribution >= 4 is 22.6 Å². The van der Waals surface area contributed by atoms with E-state index >= 15 is 0 Å². The van der Waals surface area contributed by atoms with Gasteiger partial charge in [-0.15, -0.1) is 0 Å². The molecule has 0 unspecified atom stereocenters. The van der Waals surface area contributed by atoms with Gasteiger partial charge in [0.2, 0.25) is 0 Å². The van der Waals surface area contributed by atoms with Crippen LogP contribution in [0.1, 0.15) is 24.0 Å². The zero-order valence-electron chi connectivity index (χ0n) is 16.9. The predicted molar refractivity (Wildman–Crippen MR) is 121 cm³/mol. The fourth-order valence-electron chi connectivity index (χ4n) is 3.49. The van der Waals surface area contributed by atoms with Crippen LogP contribution in [0.5, 0.6) is 5.75 Å². The van der Waals surface area contributed by atoms with Crippen LogP contribution in [0.25, 0.3) is 22.4 Å². The molecule has 4 aromatic rings. The summed E-state index contributed by atoms with van der Waals surface area (Å²) in [6.07, 6.45) is 2.01. The third-order valence-electron chi connectivity index (χ3n) is 5.28. The zero-order valence-corrected chi connectivity index (χ0v) is 17.6. The van der Waals surface area contributed by atoms with Crippen molar-refractivity contribution in [3.63, 3.8) is 0 Å². The lowest BCUT2D eigenvalue weighted by molar-refractivity contribution is 0.303. The minimum atomic E-state index is 0.714. The lowest BCUT2D eigenvalue weighted by atomic mass is 10.1. The predicted octanol–water partition coefficient (Wildman–Crippen LogP) is 6.83. The van der Waals surface area contributed by atoms with Gasteiger partial charge in [-0.1, -0.05) is 29.8 Å². The molecule has 0 bridgehead atoms. The van der Waals surface area contributed by atoms with Crippen LogP contribution in [-0.4, -0.2) is 16.2 Å². The minimum absolute atomic E-state index is 0.714. The number of nitrogens with zero attached hydrogens (tertiary/aromatic N) is 2. The molecule has 0 N–H and O–H groups in total. The molecule has 0 saturated heterocycles. The number of aryl methyl sites for hydroxylation is 3. The second kappa shape index (κ2) is 8.71. The summed E-state index contributed by atoms with van der Waals surface area (Å²) in [6, 6.07) is 22.4. The SMILES string of the molecule is Cc1ccc(OCCCCn2c(-c3ccc(Cl)cc3)nc3ccccc32)cc1C. The van der Waals surface area contributed by atoms with E-state index < -0.39 is 0 Å². The number of hydrogen-bond donors (Lipinski definition) is 0. The first-order valence-corrected chi connectivity index (χ1v) is 10.4. The minimum Gasteiger partial charge on any atom is -0.494 e. The molecule has 0 atom stereocenters. The summed E-state index contributed by atoms with van der Waals surface area (Å²) in [7, 11) is 0. The summed E-state index contributed by atoms with van der Waals surface area (Å²) in [6.45, 7) is 5.84. The topological polar surface area (TPSA) is 27.1 Å². The standard InChI is InChI=1S/C25H25ClN2O/c1-18-9-14-22(17-19(18)2)29-16-6-5-15-28-24-8-4-3-7-23(24)27-25(28)20-10-12-21(26)13-11-20/h3-4,7-14,17H,5-6,15-16H2,1-2H3. The lowest BCUT2D eigenvalue weighted by Crippen LogP contribution is -2.04. The van der Waals surface area contributed by atoms with Gasteiger partial charge in [-0.05, 0) is 86.3 Å². The highest BCUT2D eigenvalue weighted by Crippen LogP contribution is 2.26. The molecular weight excluding hydrogens is 380 g/mol. The molecule has 29 heavy (non-hydrogen) atoms. The van der Waals surface area contributed by atoms with E-state index in [-0.39, 0.29) is 0 Å². The third-order valence-corrected chi connectivity index (χ3v) is 5.53. The maximum absolute atomic E-state index is 6.06. The van der Waals surface area contributed by atoms with Gasteiger partial charge in [0.05, 0.1) is 17.6 Å². The van der Waals surface area contributed by atoms with Gasteiger partial charge in [0.25, 0.3) is 0 Å². The van der Waals surface area contributed by atoms with E-state index in [1.807, 2.05) is 36.4 Å². The van der Waals surface area contributed by atoms with Crippen molar-refractivity contribution in [3.05, 3.63) is 82.9 Å². The number of unbranched alkanes of at least 4 members (excludes halogenated alkanes) is 1. The molecule has 0 radical (unpaired) electrons. The maximum atomic E-state index is 6.06. The monoisotopic (exact) mass is 404 g/mol. The molecule has 3 aromatic carbocycles. The molecule has 4 rings (SSSR count). The summed E-state index contributed by atoms with van der Waals surface area (Å²) < 4.78 is 8.24. The van der Waals surface area contributed by atoms with Crippen LogP contribution in [0.3, 0.4) is 0 Å². The van der Waals surface area contributed by atoms with E-state index in [1.165, 1.54) is 11.1 Å². The molecule has 0 fully saturated rings. The van der Waals surface area contributed by atoms with Gasteiger partial charge in [-0.2, -0.15) is 0 Å². The molecule has 0 aliphatic carbocycles.